The second-order valence-corrected chi connectivity index (χ2v) is 7.73. The molecule has 0 bridgehead atoms. The van der Waals surface area contributed by atoms with Crippen LogP contribution in [0.3, 0.4) is 0 Å². The number of hydrogen-bond donors (Lipinski definition) is 0. The molecule has 2 heteroatoms. The van der Waals surface area contributed by atoms with Crippen molar-refractivity contribution in [1.29, 1.82) is 0 Å². The molecule has 0 aliphatic heterocycles. The molecule has 2 nitrogen and oxygen atoms in total. The van der Waals surface area contributed by atoms with Gasteiger partial charge >= 0.3 is 0 Å². The Kier molecular flexibility index (Phi) is 18.8. The van der Waals surface area contributed by atoms with Gasteiger partial charge < -0.3 is 0 Å². The van der Waals surface area contributed by atoms with E-state index in [4.69, 9.17) is 0 Å². The van der Waals surface area contributed by atoms with Gasteiger partial charge in [0.15, 0.2) is 5.78 Å². The molecule has 0 heterocycles. The van der Waals surface area contributed by atoms with Gasteiger partial charge in [-0.25, -0.2) is 4.79 Å². The van der Waals surface area contributed by atoms with Crippen molar-refractivity contribution >= 4 is 11.7 Å². The average molecular weight is 351 g/mol. The third-order valence-electron chi connectivity index (χ3n) is 5.29. The molecule has 0 aromatic heterocycles. The van der Waals surface area contributed by atoms with Crippen molar-refractivity contribution in [1.82, 2.24) is 0 Å². The van der Waals surface area contributed by atoms with Crippen LogP contribution < -0.4 is 0 Å². The van der Waals surface area contributed by atoms with E-state index < -0.39 is 0 Å². The average Bonchev–Trinajstić information content (AvgIpc) is 2.61. The lowest BCUT2D eigenvalue weighted by atomic mass is 9.99. The van der Waals surface area contributed by atoms with E-state index in [2.05, 4.69) is 13.8 Å². The van der Waals surface area contributed by atoms with Crippen molar-refractivity contribution in [3.8, 4) is 0 Å². The number of allylic oxidation sites excluding steroid dienone is 1. The van der Waals surface area contributed by atoms with Crippen LogP contribution in [0, 0.1) is 5.92 Å². The van der Waals surface area contributed by atoms with Crippen LogP contribution in [0.2, 0.25) is 0 Å². The van der Waals surface area contributed by atoms with Crippen molar-refractivity contribution in [3.63, 3.8) is 0 Å². The van der Waals surface area contributed by atoms with Gasteiger partial charge in [-0.2, -0.15) is 0 Å². The van der Waals surface area contributed by atoms with Crippen molar-refractivity contribution in [3.05, 3.63) is 6.08 Å². The topological polar surface area (TPSA) is 34.1 Å². The second-order valence-electron chi connectivity index (χ2n) is 7.73. The molecule has 25 heavy (non-hydrogen) atoms. The lowest BCUT2D eigenvalue weighted by Crippen LogP contribution is -1.92. The summed E-state index contributed by atoms with van der Waals surface area (Å²) in [4.78, 5) is 21.1. The molecule has 1 unspecified atom stereocenters. The number of ketones is 1. The summed E-state index contributed by atoms with van der Waals surface area (Å²) in [5.74, 6) is 2.39. The Morgan fingerprint density at radius 3 is 1.56 bits per heavy atom. The van der Waals surface area contributed by atoms with Crippen LogP contribution in [-0.2, 0) is 9.59 Å². The molecule has 0 aromatic rings. The van der Waals surface area contributed by atoms with Crippen LogP contribution in [-0.4, -0.2) is 11.7 Å². The monoisotopic (exact) mass is 350 g/mol. The highest BCUT2D eigenvalue weighted by atomic mass is 16.1. The van der Waals surface area contributed by atoms with E-state index >= 15 is 0 Å². The standard InChI is InChI=1S/C23H42O2/c1-3-22(2)18-16-14-12-10-8-6-4-5-7-9-11-13-15-17-19-23(25)20-21-24/h20,22H,3-19H2,1-2H3. The summed E-state index contributed by atoms with van der Waals surface area (Å²) in [7, 11) is 0. The van der Waals surface area contributed by atoms with Crippen molar-refractivity contribution in [2.45, 2.75) is 123 Å². The van der Waals surface area contributed by atoms with Crippen LogP contribution >= 0.6 is 0 Å². The molecular formula is C23H42O2. The van der Waals surface area contributed by atoms with E-state index in [-0.39, 0.29) is 5.78 Å². The van der Waals surface area contributed by atoms with Gasteiger partial charge in [-0.15, -0.1) is 0 Å². The van der Waals surface area contributed by atoms with Crippen molar-refractivity contribution in [2.75, 3.05) is 0 Å². The summed E-state index contributed by atoms with van der Waals surface area (Å²) in [5.41, 5.74) is 0. The molecule has 0 saturated heterocycles. The predicted molar refractivity (Wildman–Crippen MR) is 109 cm³/mol. The Hall–Kier alpha value is -0.880. The first-order chi connectivity index (χ1) is 12.2. The zero-order valence-corrected chi connectivity index (χ0v) is 17.0. The number of rotatable bonds is 19. The fourth-order valence-corrected chi connectivity index (χ4v) is 3.26. The van der Waals surface area contributed by atoms with Crippen LogP contribution in [0.1, 0.15) is 123 Å². The van der Waals surface area contributed by atoms with Crippen LogP contribution in [0.5, 0.6) is 0 Å². The summed E-state index contributed by atoms with van der Waals surface area (Å²) in [6.45, 7) is 4.66. The summed E-state index contributed by atoms with van der Waals surface area (Å²) in [6, 6.07) is 0. The molecule has 0 aliphatic rings. The molecule has 0 aliphatic carbocycles. The van der Waals surface area contributed by atoms with Gasteiger partial charge in [0.1, 0.15) is 5.94 Å². The van der Waals surface area contributed by atoms with Crippen LogP contribution in [0.4, 0.5) is 0 Å². The smallest absolute Gasteiger partial charge is 0.166 e. The maximum atomic E-state index is 11.1. The minimum atomic E-state index is -0.0782. The van der Waals surface area contributed by atoms with Crippen molar-refractivity contribution < 1.29 is 9.59 Å². The van der Waals surface area contributed by atoms with Gasteiger partial charge in [0.2, 0.25) is 0 Å². The summed E-state index contributed by atoms with van der Waals surface area (Å²) in [6.07, 6.45) is 22.8. The first-order valence-corrected chi connectivity index (χ1v) is 10.9. The lowest BCUT2D eigenvalue weighted by Gasteiger charge is -2.07. The van der Waals surface area contributed by atoms with E-state index in [1.165, 1.54) is 89.9 Å². The molecule has 0 N–H and O–H groups in total. The number of carbonyl (C=O) groups excluding carboxylic acids is 2. The summed E-state index contributed by atoms with van der Waals surface area (Å²) in [5, 5.41) is 0. The normalized spacial score (nSPS) is 11.9. The summed E-state index contributed by atoms with van der Waals surface area (Å²) < 4.78 is 0. The van der Waals surface area contributed by atoms with Crippen LogP contribution in [0.25, 0.3) is 0 Å². The zero-order valence-electron chi connectivity index (χ0n) is 17.0. The Bertz CT molecular complexity index is 342. The summed E-state index contributed by atoms with van der Waals surface area (Å²) >= 11 is 0. The molecule has 0 aromatic carbocycles. The SMILES string of the molecule is CCC(C)CCCCCCCCCCCCCCCCC(=O)C=C=O. The molecule has 0 spiro atoms. The number of hydrogen-bond acceptors (Lipinski definition) is 2. The highest BCUT2D eigenvalue weighted by Gasteiger charge is 1.99. The van der Waals surface area contributed by atoms with E-state index in [9.17, 15) is 9.59 Å². The van der Waals surface area contributed by atoms with Crippen LogP contribution in [0.15, 0.2) is 6.08 Å². The largest absolute Gasteiger partial charge is 0.294 e. The van der Waals surface area contributed by atoms with Gasteiger partial charge in [-0.05, 0) is 12.3 Å². The third kappa shape index (κ3) is 19.3. The molecule has 0 radical (unpaired) electrons. The lowest BCUT2D eigenvalue weighted by molar-refractivity contribution is -0.114. The van der Waals surface area contributed by atoms with Gasteiger partial charge in [0, 0.05) is 6.42 Å². The van der Waals surface area contributed by atoms with Gasteiger partial charge in [-0.3, -0.25) is 4.79 Å². The van der Waals surface area contributed by atoms with Gasteiger partial charge in [-0.1, -0.05) is 110 Å². The molecule has 0 fully saturated rings. The molecule has 0 rings (SSSR count). The molecular weight excluding hydrogens is 308 g/mol. The van der Waals surface area contributed by atoms with Gasteiger partial charge in [0.05, 0.1) is 6.08 Å². The van der Waals surface area contributed by atoms with E-state index in [1.54, 1.807) is 5.94 Å². The Labute approximate surface area is 156 Å². The highest BCUT2D eigenvalue weighted by molar-refractivity contribution is 5.95. The van der Waals surface area contributed by atoms with E-state index in [0.717, 1.165) is 24.8 Å². The Morgan fingerprint density at radius 2 is 1.16 bits per heavy atom. The first-order valence-electron chi connectivity index (χ1n) is 10.9. The molecule has 0 saturated carbocycles. The number of carbonyl (C=O) groups is 1. The molecule has 0 amide bonds. The van der Waals surface area contributed by atoms with E-state index in [0.29, 0.717) is 6.42 Å². The molecule has 146 valence electrons. The maximum Gasteiger partial charge on any atom is 0.166 e. The highest BCUT2D eigenvalue weighted by Crippen LogP contribution is 2.16. The fraction of sp³-hybridized carbons (Fsp3) is 0.870. The Morgan fingerprint density at radius 1 is 0.760 bits per heavy atom. The zero-order chi connectivity index (χ0) is 18.6. The second kappa shape index (κ2) is 19.4. The maximum absolute atomic E-state index is 11.1. The minimum absolute atomic E-state index is 0.0782. The van der Waals surface area contributed by atoms with Crippen molar-refractivity contribution in [2.24, 2.45) is 5.92 Å². The number of unbranched alkanes of at least 4 members (excludes halogenated alkanes) is 13. The Balaban J connectivity index is 3.09. The fourth-order valence-electron chi connectivity index (χ4n) is 3.26. The molecule has 1 atom stereocenters. The third-order valence-corrected chi connectivity index (χ3v) is 5.29. The first kappa shape index (κ1) is 24.1. The van der Waals surface area contributed by atoms with Gasteiger partial charge in [0.25, 0.3) is 0 Å². The minimum Gasteiger partial charge on any atom is -0.294 e. The quantitative estimate of drug-likeness (QED) is 0.140. The van der Waals surface area contributed by atoms with E-state index in [1.807, 2.05) is 0 Å². The predicted octanol–water partition coefficient (Wildman–Crippen LogP) is 7.23.